The molecule has 6 rings (SSSR count). The summed E-state index contributed by atoms with van der Waals surface area (Å²) in [5.74, 6) is 0. The molecular weight excluding hydrogens is 342 g/mol. The lowest BCUT2D eigenvalue weighted by molar-refractivity contribution is 0.673. The quantitative estimate of drug-likeness (QED) is 0.305. The van der Waals surface area contributed by atoms with E-state index in [-0.39, 0.29) is 0 Å². The van der Waals surface area contributed by atoms with E-state index >= 15 is 0 Å². The van der Waals surface area contributed by atoms with E-state index in [1.54, 1.807) is 0 Å². The molecule has 0 bridgehead atoms. The number of allylic oxidation sites excluding steroid dienone is 6. The third kappa shape index (κ3) is 2.03. The van der Waals surface area contributed by atoms with Gasteiger partial charge in [0, 0.05) is 21.9 Å². The molecule has 2 heterocycles. The Balaban J connectivity index is 1.87. The molecule has 0 unspecified atom stereocenters. The van der Waals surface area contributed by atoms with Crippen molar-refractivity contribution in [2.24, 2.45) is 0 Å². The Morgan fingerprint density at radius 3 is 2.64 bits per heavy atom. The molecule has 0 aliphatic heterocycles. The second kappa shape index (κ2) is 5.74. The zero-order chi connectivity index (χ0) is 18.7. The van der Waals surface area contributed by atoms with Gasteiger partial charge in [0.1, 0.15) is 11.2 Å². The van der Waals surface area contributed by atoms with Crippen molar-refractivity contribution < 1.29 is 4.42 Å². The van der Waals surface area contributed by atoms with Crippen LogP contribution in [0.5, 0.6) is 0 Å². The molecule has 3 aromatic carbocycles. The van der Waals surface area contributed by atoms with Crippen molar-refractivity contribution >= 4 is 49.4 Å². The maximum atomic E-state index is 6.39. The molecule has 2 heteroatoms. The minimum absolute atomic E-state index is 0.933. The monoisotopic (exact) mass is 361 g/mol. The van der Waals surface area contributed by atoms with Crippen molar-refractivity contribution in [3.05, 3.63) is 90.5 Å². The van der Waals surface area contributed by atoms with E-state index in [0.717, 1.165) is 17.6 Å². The number of fused-ring (bicyclic) bond motifs is 7. The van der Waals surface area contributed by atoms with Gasteiger partial charge in [-0.15, -0.1) is 0 Å². The average Bonchev–Trinajstić information content (AvgIpc) is 3.12. The molecule has 28 heavy (non-hydrogen) atoms. The van der Waals surface area contributed by atoms with E-state index in [1.807, 2.05) is 6.07 Å². The number of benzene rings is 3. The first-order valence-electron chi connectivity index (χ1n) is 9.70. The summed E-state index contributed by atoms with van der Waals surface area (Å²) in [6.07, 6.45) is 11.8. The second-order valence-electron chi connectivity index (χ2n) is 7.40. The van der Waals surface area contributed by atoms with Crippen LogP contribution in [-0.4, -0.2) is 4.57 Å². The van der Waals surface area contributed by atoms with Crippen LogP contribution in [-0.2, 0) is 0 Å². The smallest absolute Gasteiger partial charge is 0.145 e. The summed E-state index contributed by atoms with van der Waals surface area (Å²) in [4.78, 5) is 0. The first-order valence-corrected chi connectivity index (χ1v) is 9.70. The standard InChI is InChI=1S/C26H19NO/c1-17-16-21-19-12-7-9-15-23(19)28-26(21)24-20-13-6-8-14-22(20)27(25(17)24)18-10-4-2-3-5-11-18/h2-4,6-16H,5H2,1H3. The number of aryl methyl sites for hydroxylation is 1. The molecule has 0 amide bonds. The van der Waals surface area contributed by atoms with Gasteiger partial charge >= 0.3 is 0 Å². The molecule has 1 aliphatic carbocycles. The van der Waals surface area contributed by atoms with E-state index in [4.69, 9.17) is 4.42 Å². The molecule has 0 fully saturated rings. The van der Waals surface area contributed by atoms with Gasteiger partial charge in [-0.25, -0.2) is 0 Å². The Morgan fingerprint density at radius 2 is 1.71 bits per heavy atom. The predicted octanol–water partition coefficient (Wildman–Crippen LogP) is 7.36. The van der Waals surface area contributed by atoms with Crippen molar-refractivity contribution in [3.8, 4) is 0 Å². The lowest BCUT2D eigenvalue weighted by atomic mass is 10.0. The van der Waals surface area contributed by atoms with Gasteiger partial charge in [0.2, 0.25) is 0 Å². The number of nitrogens with zero attached hydrogens (tertiary/aromatic N) is 1. The van der Waals surface area contributed by atoms with Crippen molar-refractivity contribution in [1.82, 2.24) is 4.57 Å². The Kier molecular flexibility index (Phi) is 3.18. The van der Waals surface area contributed by atoms with Gasteiger partial charge in [-0.3, -0.25) is 0 Å². The Bertz CT molecular complexity index is 1490. The van der Waals surface area contributed by atoms with Crippen LogP contribution in [0.3, 0.4) is 0 Å². The molecular formula is C26H19NO. The molecule has 0 saturated carbocycles. The van der Waals surface area contributed by atoms with E-state index < -0.39 is 0 Å². The molecule has 0 atom stereocenters. The van der Waals surface area contributed by atoms with Crippen molar-refractivity contribution in [1.29, 1.82) is 0 Å². The van der Waals surface area contributed by atoms with Gasteiger partial charge in [-0.1, -0.05) is 60.7 Å². The summed E-state index contributed by atoms with van der Waals surface area (Å²) in [5, 5.41) is 4.80. The van der Waals surface area contributed by atoms with Crippen LogP contribution in [0.1, 0.15) is 12.0 Å². The highest BCUT2D eigenvalue weighted by Gasteiger charge is 2.20. The first kappa shape index (κ1) is 15.5. The average molecular weight is 361 g/mol. The van der Waals surface area contributed by atoms with Gasteiger partial charge in [-0.2, -0.15) is 0 Å². The lowest BCUT2D eigenvalue weighted by Crippen LogP contribution is -1.96. The van der Waals surface area contributed by atoms with Crippen LogP contribution in [0.2, 0.25) is 0 Å². The lowest BCUT2D eigenvalue weighted by Gasteiger charge is -2.10. The van der Waals surface area contributed by atoms with E-state index in [1.165, 1.54) is 43.8 Å². The maximum Gasteiger partial charge on any atom is 0.145 e. The fourth-order valence-electron chi connectivity index (χ4n) is 4.52. The highest BCUT2D eigenvalue weighted by Crippen LogP contribution is 2.42. The normalized spacial score (nSPS) is 14.4. The minimum Gasteiger partial charge on any atom is -0.455 e. The van der Waals surface area contributed by atoms with E-state index in [2.05, 4.69) is 90.4 Å². The summed E-state index contributed by atoms with van der Waals surface area (Å²) >= 11 is 0. The van der Waals surface area contributed by atoms with Crippen LogP contribution < -0.4 is 0 Å². The third-order valence-electron chi connectivity index (χ3n) is 5.71. The van der Waals surface area contributed by atoms with E-state index in [9.17, 15) is 0 Å². The topological polar surface area (TPSA) is 18.1 Å². The summed E-state index contributed by atoms with van der Waals surface area (Å²) in [6, 6.07) is 19.2. The number of hydrogen-bond donors (Lipinski definition) is 0. The number of furan rings is 1. The van der Waals surface area contributed by atoms with Gasteiger partial charge < -0.3 is 8.98 Å². The molecule has 0 saturated heterocycles. The summed E-state index contributed by atoms with van der Waals surface area (Å²) in [7, 11) is 0. The van der Waals surface area contributed by atoms with Crippen molar-refractivity contribution in [2.45, 2.75) is 13.3 Å². The zero-order valence-corrected chi connectivity index (χ0v) is 15.6. The molecule has 0 N–H and O–H groups in total. The molecule has 5 aromatic rings. The number of hydrogen-bond acceptors (Lipinski definition) is 1. The van der Waals surface area contributed by atoms with E-state index in [0.29, 0.717) is 0 Å². The second-order valence-corrected chi connectivity index (χ2v) is 7.40. The van der Waals surface area contributed by atoms with Gasteiger partial charge in [-0.05, 0) is 43.2 Å². The molecule has 0 spiro atoms. The highest BCUT2D eigenvalue weighted by molar-refractivity contribution is 6.25. The summed E-state index contributed by atoms with van der Waals surface area (Å²) < 4.78 is 8.78. The number of para-hydroxylation sites is 2. The molecule has 1 aliphatic rings. The molecule has 134 valence electrons. The van der Waals surface area contributed by atoms with Crippen LogP contribution in [0.15, 0.2) is 89.4 Å². The van der Waals surface area contributed by atoms with Crippen LogP contribution >= 0.6 is 0 Å². The molecule has 0 radical (unpaired) electrons. The Labute approximate surface area is 162 Å². The zero-order valence-electron chi connectivity index (χ0n) is 15.6. The largest absolute Gasteiger partial charge is 0.455 e. The van der Waals surface area contributed by atoms with Crippen molar-refractivity contribution in [3.63, 3.8) is 0 Å². The molecule has 2 aromatic heterocycles. The number of rotatable bonds is 1. The van der Waals surface area contributed by atoms with Gasteiger partial charge in [0.25, 0.3) is 0 Å². The fourth-order valence-corrected chi connectivity index (χ4v) is 4.52. The Morgan fingerprint density at radius 1 is 0.893 bits per heavy atom. The maximum absolute atomic E-state index is 6.39. The van der Waals surface area contributed by atoms with Crippen LogP contribution in [0, 0.1) is 6.92 Å². The van der Waals surface area contributed by atoms with Gasteiger partial charge in [0.05, 0.1) is 16.4 Å². The number of aromatic nitrogens is 1. The Hall–Kier alpha value is -3.52. The minimum atomic E-state index is 0.933. The van der Waals surface area contributed by atoms with Crippen LogP contribution in [0.25, 0.3) is 49.4 Å². The SMILES string of the molecule is Cc1cc2c3ccccc3oc2c2c3ccccc3n(C3=CCC=CC=C3)c12. The highest BCUT2D eigenvalue weighted by atomic mass is 16.3. The predicted molar refractivity (Wildman–Crippen MR) is 119 cm³/mol. The van der Waals surface area contributed by atoms with Gasteiger partial charge in [0.15, 0.2) is 0 Å². The summed E-state index contributed by atoms with van der Waals surface area (Å²) in [6.45, 7) is 2.21. The molecule has 2 nitrogen and oxygen atoms in total. The summed E-state index contributed by atoms with van der Waals surface area (Å²) in [5.41, 5.74) is 6.83. The third-order valence-corrected chi connectivity index (χ3v) is 5.71. The first-order chi connectivity index (χ1) is 13.8. The fraction of sp³-hybridized carbons (Fsp3) is 0.0769. The van der Waals surface area contributed by atoms with Crippen molar-refractivity contribution in [2.75, 3.05) is 0 Å². The van der Waals surface area contributed by atoms with Crippen LogP contribution in [0.4, 0.5) is 0 Å².